The first kappa shape index (κ1) is 13.1. The van der Waals surface area contributed by atoms with Crippen molar-refractivity contribution in [1.29, 1.82) is 0 Å². The minimum absolute atomic E-state index is 0.818. The van der Waals surface area contributed by atoms with Crippen LogP contribution in [-0.2, 0) is 19.6 Å². The van der Waals surface area contributed by atoms with E-state index in [1.807, 2.05) is 6.07 Å². The van der Waals surface area contributed by atoms with Gasteiger partial charge in [0, 0.05) is 18.6 Å². The summed E-state index contributed by atoms with van der Waals surface area (Å²) in [5, 5.41) is 11.1. The maximum atomic E-state index is 10.8. The van der Waals surface area contributed by atoms with Crippen molar-refractivity contribution >= 4 is 21.7 Å². The Balaban J connectivity index is 0.000000239. The molecule has 0 aromatic carbocycles. The number of ketones is 1. The maximum absolute atomic E-state index is 10.8. The standard InChI is InChI=1S/C5H6N2O4S.C3H4N2/c6-12(10,11)4-3(8)1-2-7-5(4)9;1-2-4-5-3-1/h1-2,4H,(H,7,9)(H2,6,10,11);1-3H,(H,4,5). The largest absolute Gasteiger partial charge is 0.331 e. The lowest BCUT2D eigenvalue weighted by Gasteiger charge is -2.13. The van der Waals surface area contributed by atoms with E-state index in [1.54, 1.807) is 12.4 Å². The van der Waals surface area contributed by atoms with E-state index in [2.05, 4.69) is 20.7 Å². The number of H-pyrrole nitrogens is 1. The Morgan fingerprint density at radius 2 is 2.06 bits per heavy atom. The van der Waals surface area contributed by atoms with E-state index in [-0.39, 0.29) is 0 Å². The van der Waals surface area contributed by atoms with Crippen molar-refractivity contribution in [3.63, 3.8) is 0 Å². The molecule has 92 valence electrons. The summed E-state index contributed by atoms with van der Waals surface area (Å²) in [6.45, 7) is 0. The molecule has 1 aliphatic rings. The molecule has 2 rings (SSSR count). The van der Waals surface area contributed by atoms with Gasteiger partial charge in [0.05, 0.1) is 0 Å². The van der Waals surface area contributed by atoms with Gasteiger partial charge < -0.3 is 5.32 Å². The number of allylic oxidation sites excluding steroid dienone is 1. The molecule has 0 saturated carbocycles. The van der Waals surface area contributed by atoms with Crippen molar-refractivity contribution < 1.29 is 18.0 Å². The summed E-state index contributed by atoms with van der Waals surface area (Å²) in [6.07, 6.45) is 5.49. The van der Waals surface area contributed by atoms with Crippen molar-refractivity contribution in [3.05, 3.63) is 30.7 Å². The average molecular weight is 258 g/mol. The van der Waals surface area contributed by atoms with Crippen LogP contribution in [-0.4, -0.2) is 35.6 Å². The van der Waals surface area contributed by atoms with Gasteiger partial charge in [0.25, 0.3) is 5.91 Å². The van der Waals surface area contributed by atoms with Crippen LogP contribution < -0.4 is 10.5 Å². The first-order valence-electron chi connectivity index (χ1n) is 4.39. The number of hydrogen-bond acceptors (Lipinski definition) is 5. The molecule has 4 N–H and O–H groups in total. The highest BCUT2D eigenvalue weighted by molar-refractivity contribution is 7.91. The quantitative estimate of drug-likeness (QED) is 0.514. The topological polar surface area (TPSA) is 135 Å². The predicted octanol–water partition coefficient (Wildman–Crippen LogP) is -1.73. The van der Waals surface area contributed by atoms with E-state index in [4.69, 9.17) is 0 Å². The number of carbonyl (C=O) groups is 2. The Kier molecular flexibility index (Phi) is 4.12. The molecule has 8 nitrogen and oxygen atoms in total. The lowest BCUT2D eigenvalue weighted by molar-refractivity contribution is -0.125. The summed E-state index contributed by atoms with van der Waals surface area (Å²) in [5.41, 5.74) is 0. The van der Waals surface area contributed by atoms with Gasteiger partial charge in [-0.05, 0) is 12.1 Å². The fraction of sp³-hybridized carbons (Fsp3) is 0.125. The zero-order valence-electron chi connectivity index (χ0n) is 8.53. The third-order valence-corrected chi connectivity index (χ3v) is 2.81. The lowest BCUT2D eigenvalue weighted by atomic mass is 10.2. The second-order valence-electron chi connectivity index (χ2n) is 2.98. The molecule has 0 radical (unpaired) electrons. The van der Waals surface area contributed by atoms with Gasteiger partial charge in [-0.1, -0.05) is 0 Å². The Morgan fingerprint density at radius 3 is 2.35 bits per heavy atom. The molecular weight excluding hydrogens is 248 g/mol. The first-order chi connectivity index (χ1) is 7.93. The van der Waals surface area contributed by atoms with Crippen molar-refractivity contribution in [2.24, 2.45) is 5.14 Å². The van der Waals surface area contributed by atoms with E-state index in [0.29, 0.717) is 0 Å². The van der Waals surface area contributed by atoms with Crippen molar-refractivity contribution in [3.8, 4) is 0 Å². The van der Waals surface area contributed by atoms with E-state index < -0.39 is 27.0 Å². The Hall–Kier alpha value is -2.00. The molecule has 1 aromatic rings. The second-order valence-corrected chi connectivity index (χ2v) is 4.63. The summed E-state index contributed by atoms with van der Waals surface area (Å²) in [5.74, 6) is -1.73. The van der Waals surface area contributed by atoms with Gasteiger partial charge in [0.1, 0.15) is 0 Å². The molecule has 0 bridgehead atoms. The van der Waals surface area contributed by atoms with Crippen LogP contribution in [0.3, 0.4) is 0 Å². The predicted molar refractivity (Wildman–Crippen MR) is 57.8 cm³/mol. The number of sulfonamides is 1. The Morgan fingerprint density at radius 1 is 1.35 bits per heavy atom. The van der Waals surface area contributed by atoms with Gasteiger partial charge in [-0.2, -0.15) is 5.10 Å². The number of hydrogen-bond donors (Lipinski definition) is 3. The fourth-order valence-electron chi connectivity index (χ4n) is 1.02. The third-order valence-electron chi connectivity index (χ3n) is 1.70. The number of nitrogens with one attached hydrogen (secondary N) is 2. The van der Waals surface area contributed by atoms with Crippen LogP contribution >= 0.6 is 0 Å². The number of nitrogens with zero attached hydrogens (tertiary/aromatic N) is 1. The molecule has 17 heavy (non-hydrogen) atoms. The van der Waals surface area contributed by atoms with E-state index in [1.165, 1.54) is 0 Å². The van der Waals surface area contributed by atoms with Gasteiger partial charge >= 0.3 is 0 Å². The Bertz CT molecular complexity index is 503. The normalized spacial score (nSPS) is 19.2. The van der Waals surface area contributed by atoms with E-state index >= 15 is 0 Å². The number of aromatic nitrogens is 2. The molecule has 0 aliphatic carbocycles. The minimum atomic E-state index is -4.14. The molecular formula is C8H10N4O4S. The molecule has 9 heteroatoms. The number of aromatic amines is 1. The highest BCUT2D eigenvalue weighted by atomic mass is 32.2. The summed E-state index contributed by atoms with van der Waals surface area (Å²) >= 11 is 0. The molecule has 2 heterocycles. The smallest absolute Gasteiger partial charge is 0.251 e. The zero-order valence-corrected chi connectivity index (χ0v) is 9.35. The number of amides is 1. The molecule has 0 saturated heterocycles. The van der Waals surface area contributed by atoms with Crippen LogP contribution in [0.5, 0.6) is 0 Å². The monoisotopic (exact) mass is 258 g/mol. The van der Waals surface area contributed by atoms with E-state index in [9.17, 15) is 18.0 Å². The zero-order chi connectivity index (χ0) is 12.9. The summed E-state index contributed by atoms with van der Waals surface area (Å²) < 4.78 is 21.3. The van der Waals surface area contributed by atoms with Gasteiger partial charge in [-0.25, -0.2) is 13.6 Å². The first-order valence-corrected chi connectivity index (χ1v) is 6.00. The van der Waals surface area contributed by atoms with Crippen LogP contribution in [0.4, 0.5) is 0 Å². The molecule has 1 unspecified atom stereocenters. The van der Waals surface area contributed by atoms with E-state index in [0.717, 1.165) is 12.3 Å². The Labute approximate surface area is 96.9 Å². The van der Waals surface area contributed by atoms with Crippen LogP contribution in [0.2, 0.25) is 0 Å². The average Bonchev–Trinajstić information content (AvgIpc) is 2.72. The number of carbonyl (C=O) groups excluding carboxylic acids is 2. The highest BCUT2D eigenvalue weighted by Gasteiger charge is 2.36. The van der Waals surface area contributed by atoms with Crippen LogP contribution in [0.1, 0.15) is 0 Å². The second kappa shape index (κ2) is 5.37. The van der Waals surface area contributed by atoms with Crippen molar-refractivity contribution in [2.75, 3.05) is 0 Å². The van der Waals surface area contributed by atoms with Gasteiger partial charge in [-0.3, -0.25) is 14.7 Å². The molecule has 1 amide bonds. The molecule has 0 spiro atoms. The van der Waals surface area contributed by atoms with Crippen LogP contribution in [0, 0.1) is 0 Å². The minimum Gasteiger partial charge on any atom is -0.331 e. The van der Waals surface area contributed by atoms with Gasteiger partial charge in [0.15, 0.2) is 5.78 Å². The van der Waals surface area contributed by atoms with Gasteiger partial charge in [0.2, 0.25) is 15.3 Å². The summed E-state index contributed by atoms with van der Waals surface area (Å²) in [6, 6.07) is 1.83. The summed E-state index contributed by atoms with van der Waals surface area (Å²) in [4.78, 5) is 21.7. The summed E-state index contributed by atoms with van der Waals surface area (Å²) in [7, 11) is -4.14. The number of primary sulfonamides is 1. The van der Waals surface area contributed by atoms with Crippen LogP contribution in [0.25, 0.3) is 0 Å². The number of nitrogens with two attached hydrogens (primary N) is 1. The SMILES string of the molecule is NS(=O)(=O)C1C(=O)C=CNC1=O.c1cn[nH]c1. The van der Waals surface area contributed by atoms with Crippen molar-refractivity contribution in [2.45, 2.75) is 5.25 Å². The van der Waals surface area contributed by atoms with Gasteiger partial charge in [-0.15, -0.1) is 0 Å². The maximum Gasteiger partial charge on any atom is 0.251 e. The highest BCUT2D eigenvalue weighted by Crippen LogP contribution is 2.03. The number of rotatable bonds is 1. The lowest BCUT2D eigenvalue weighted by Crippen LogP contribution is -2.48. The molecule has 1 atom stereocenters. The van der Waals surface area contributed by atoms with Crippen molar-refractivity contribution in [1.82, 2.24) is 15.5 Å². The third kappa shape index (κ3) is 3.81. The molecule has 1 aromatic heterocycles. The molecule has 1 aliphatic heterocycles. The fourth-order valence-corrected chi connectivity index (χ4v) is 1.79. The molecule has 0 fully saturated rings. The van der Waals surface area contributed by atoms with Crippen LogP contribution in [0.15, 0.2) is 30.7 Å².